The van der Waals surface area contributed by atoms with Crippen LogP contribution < -0.4 is 0 Å². The van der Waals surface area contributed by atoms with Gasteiger partial charge in [0, 0.05) is 24.4 Å². The van der Waals surface area contributed by atoms with E-state index in [4.69, 9.17) is 0 Å². The van der Waals surface area contributed by atoms with Gasteiger partial charge in [0.15, 0.2) is 0 Å². The Bertz CT molecular complexity index is 609. The van der Waals surface area contributed by atoms with E-state index in [0.717, 1.165) is 31.2 Å². The van der Waals surface area contributed by atoms with E-state index < -0.39 is 0 Å². The van der Waals surface area contributed by atoms with Crippen molar-refractivity contribution in [2.24, 2.45) is 0 Å². The molecule has 2 aromatic rings. The molecular weight excluding hydrogens is 310 g/mol. The number of unbranched alkanes of at least 4 members (excludes halogenated alkanes) is 5. The first kappa shape index (κ1) is 18.9. The summed E-state index contributed by atoms with van der Waals surface area (Å²) in [5.41, 5.74) is 3.64. The molecule has 0 saturated heterocycles. The standard InChI is InChI=1S/C22H27NO2/c1-25-22(24)16-10-5-3-2-4-9-15-21(19-12-7-6-8-13-19)20-14-11-17-23-18-20/h6-8,11-15,17-18H,2-5,9-10,16H2,1H3/b21-15+. The van der Waals surface area contributed by atoms with E-state index in [0.29, 0.717) is 6.42 Å². The minimum atomic E-state index is -0.105. The van der Waals surface area contributed by atoms with E-state index in [2.05, 4.69) is 46.1 Å². The summed E-state index contributed by atoms with van der Waals surface area (Å²) < 4.78 is 4.65. The van der Waals surface area contributed by atoms with Crippen LogP contribution in [0.5, 0.6) is 0 Å². The van der Waals surface area contributed by atoms with Crippen LogP contribution in [-0.4, -0.2) is 18.1 Å². The molecule has 25 heavy (non-hydrogen) atoms. The number of aromatic nitrogens is 1. The maximum Gasteiger partial charge on any atom is 0.305 e. The summed E-state index contributed by atoms with van der Waals surface area (Å²) >= 11 is 0. The maximum atomic E-state index is 11.1. The van der Waals surface area contributed by atoms with Gasteiger partial charge in [-0.25, -0.2) is 0 Å². The minimum Gasteiger partial charge on any atom is -0.469 e. The predicted molar refractivity (Wildman–Crippen MR) is 102 cm³/mol. The summed E-state index contributed by atoms with van der Waals surface area (Å²) in [6, 6.07) is 14.6. The quantitative estimate of drug-likeness (QED) is 0.429. The van der Waals surface area contributed by atoms with Crippen LogP contribution in [0.3, 0.4) is 0 Å². The number of carbonyl (C=O) groups excluding carboxylic acids is 1. The number of pyridine rings is 1. The van der Waals surface area contributed by atoms with Crippen LogP contribution in [-0.2, 0) is 9.53 Å². The summed E-state index contributed by atoms with van der Waals surface area (Å²) in [6.07, 6.45) is 13.2. The highest BCUT2D eigenvalue weighted by atomic mass is 16.5. The van der Waals surface area contributed by atoms with Gasteiger partial charge in [0.1, 0.15) is 0 Å². The van der Waals surface area contributed by atoms with Crippen molar-refractivity contribution in [3.8, 4) is 0 Å². The van der Waals surface area contributed by atoms with E-state index in [9.17, 15) is 4.79 Å². The largest absolute Gasteiger partial charge is 0.469 e. The zero-order valence-corrected chi connectivity index (χ0v) is 15.0. The van der Waals surface area contributed by atoms with Gasteiger partial charge < -0.3 is 4.74 Å². The van der Waals surface area contributed by atoms with Gasteiger partial charge in [-0.3, -0.25) is 9.78 Å². The van der Waals surface area contributed by atoms with Gasteiger partial charge in [0.25, 0.3) is 0 Å². The summed E-state index contributed by atoms with van der Waals surface area (Å²) in [6.45, 7) is 0. The van der Waals surface area contributed by atoms with Crippen molar-refractivity contribution in [1.29, 1.82) is 0 Å². The number of rotatable bonds is 10. The molecule has 3 nitrogen and oxygen atoms in total. The Morgan fingerprint density at radius 3 is 2.40 bits per heavy atom. The number of esters is 1. The molecule has 0 aliphatic carbocycles. The molecule has 0 atom stereocenters. The summed E-state index contributed by atoms with van der Waals surface area (Å²) in [5.74, 6) is -0.105. The van der Waals surface area contributed by atoms with Crippen molar-refractivity contribution >= 4 is 11.5 Å². The fraction of sp³-hybridized carbons (Fsp3) is 0.364. The smallest absolute Gasteiger partial charge is 0.305 e. The molecular formula is C22H27NO2. The molecule has 0 saturated carbocycles. The predicted octanol–water partition coefficient (Wildman–Crippen LogP) is 5.42. The van der Waals surface area contributed by atoms with Crippen LogP contribution in [0.2, 0.25) is 0 Å². The van der Waals surface area contributed by atoms with Gasteiger partial charge >= 0.3 is 5.97 Å². The molecule has 1 heterocycles. The number of methoxy groups -OCH3 is 1. The molecule has 0 unspecified atom stereocenters. The maximum absolute atomic E-state index is 11.1. The Balaban J connectivity index is 1.82. The van der Waals surface area contributed by atoms with Crippen LogP contribution in [0.4, 0.5) is 0 Å². The van der Waals surface area contributed by atoms with Crippen LogP contribution in [0, 0.1) is 0 Å². The first-order valence-corrected chi connectivity index (χ1v) is 9.04. The second kappa shape index (κ2) is 11.2. The highest BCUT2D eigenvalue weighted by molar-refractivity contribution is 5.79. The first-order valence-electron chi connectivity index (χ1n) is 9.04. The molecule has 0 N–H and O–H groups in total. The van der Waals surface area contributed by atoms with Gasteiger partial charge in [-0.05, 0) is 36.5 Å². The van der Waals surface area contributed by atoms with Crippen LogP contribution in [0.25, 0.3) is 5.57 Å². The second-order valence-corrected chi connectivity index (χ2v) is 6.11. The average molecular weight is 337 g/mol. The number of ether oxygens (including phenoxy) is 1. The normalized spacial score (nSPS) is 11.3. The van der Waals surface area contributed by atoms with Crippen molar-refractivity contribution in [3.05, 3.63) is 72.1 Å². The molecule has 0 aliphatic heterocycles. The SMILES string of the molecule is COC(=O)CCCCCCC/C=C(\c1ccccc1)c1cccnc1. The highest BCUT2D eigenvalue weighted by Crippen LogP contribution is 2.23. The van der Waals surface area contributed by atoms with E-state index in [1.807, 2.05) is 18.3 Å². The van der Waals surface area contributed by atoms with Crippen molar-refractivity contribution in [2.45, 2.75) is 44.9 Å². The lowest BCUT2D eigenvalue weighted by molar-refractivity contribution is -0.140. The van der Waals surface area contributed by atoms with Gasteiger partial charge in [0.05, 0.1) is 7.11 Å². The van der Waals surface area contributed by atoms with Gasteiger partial charge in [-0.15, -0.1) is 0 Å². The van der Waals surface area contributed by atoms with E-state index in [1.165, 1.54) is 31.1 Å². The summed E-state index contributed by atoms with van der Waals surface area (Å²) in [5, 5.41) is 0. The zero-order chi connectivity index (χ0) is 17.7. The Morgan fingerprint density at radius 1 is 0.960 bits per heavy atom. The molecule has 0 amide bonds. The Kier molecular flexibility index (Phi) is 8.46. The molecule has 0 spiro atoms. The summed E-state index contributed by atoms with van der Waals surface area (Å²) in [7, 11) is 1.45. The van der Waals surface area contributed by atoms with E-state index in [-0.39, 0.29) is 5.97 Å². The van der Waals surface area contributed by atoms with E-state index in [1.54, 1.807) is 6.20 Å². The molecule has 1 aromatic heterocycles. The fourth-order valence-electron chi connectivity index (χ4n) is 2.83. The molecule has 0 fully saturated rings. The average Bonchev–Trinajstić information content (AvgIpc) is 2.68. The number of allylic oxidation sites excluding steroid dienone is 1. The lowest BCUT2D eigenvalue weighted by atomic mass is 9.97. The Labute approximate surface area is 150 Å². The third-order valence-electron chi connectivity index (χ3n) is 4.22. The third kappa shape index (κ3) is 6.92. The van der Waals surface area contributed by atoms with Crippen LogP contribution in [0.1, 0.15) is 56.1 Å². The molecule has 0 radical (unpaired) electrons. The van der Waals surface area contributed by atoms with Crippen LogP contribution in [0.15, 0.2) is 60.9 Å². The molecule has 2 rings (SSSR count). The molecule has 1 aromatic carbocycles. The number of nitrogens with zero attached hydrogens (tertiary/aromatic N) is 1. The summed E-state index contributed by atoms with van der Waals surface area (Å²) in [4.78, 5) is 15.3. The Hall–Kier alpha value is -2.42. The number of benzene rings is 1. The first-order chi connectivity index (χ1) is 12.3. The molecule has 132 valence electrons. The monoisotopic (exact) mass is 337 g/mol. The number of carbonyl (C=O) groups is 1. The number of hydrogen-bond donors (Lipinski definition) is 0. The zero-order valence-electron chi connectivity index (χ0n) is 15.0. The van der Waals surface area contributed by atoms with Gasteiger partial charge in [-0.1, -0.05) is 61.7 Å². The lowest BCUT2D eigenvalue weighted by Gasteiger charge is -2.08. The van der Waals surface area contributed by atoms with E-state index >= 15 is 0 Å². The van der Waals surface area contributed by atoms with Gasteiger partial charge in [-0.2, -0.15) is 0 Å². The Morgan fingerprint density at radius 2 is 1.68 bits per heavy atom. The number of hydrogen-bond acceptors (Lipinski definition) is 3. The van der Waals surface area contributed by atoms with Crippen molar-refractivity contribution < 1.29 is 9.53 Å². The van der Waals surface area contributed by atoms with Crippen LogP contribution >= 0.6 is 0 Å². The molecule has 0 aliphatic rings. The third-order valence-corrected chi connectivity index (χ3v) is 4.22. The topological polar surface area (TPSA) is 39.2 Å². The highest BCUT2D eigenvalue weighted by Gasteiger charge is 2.04. The van der Waals surface area contributed by atoms with Crippen molar-refractivity contribution in [2.75, 3.05) is 7.11 Å². The molecule has 3 heteroatoms. The van der Waals surface area contributed by atoms with Crippen molar-refractivity contribution in [3.63, 3.8) is 0 Å². The van der Waals surface area contributed by atoms with Gasteiger partial charge in [0.2, 0.25) is 0 Å². The lowest BCUT2D eigenvalue weighted by Crippen LogP contribution is -1.99. The van der Waals surface area contributed by atoms with Crippen molar-refractivity contribution in [1.82, 2.24) is 4.98 Å². The second-order valence-electron chi connectivity index (χ2n) is 6.11. The minimum absolute atomic E-state index is 0.105. The fourth-order valence-corrected chi connectivity index (χ4v) is 2.83. The molecule has 0 bridgehead atoms.